The summed E-state index contributed by atoms with van der Waals surface area (Å²) in [4.78, 5) is 0. The molecule has 0 aliphatic heterocycles. The topological polar surface area (TPSA) is 18.5 Å². The fraction of sp³-hybridized carbons (Fsp3) is 1.00. The van der Waals surface area contributed by atoms with Crippen LogP contribution in [0.15, 0.2) is 0 Å². The standard InChI is InChI=1S/C5H10BrF2O2PS/c1-3-9-11(12,10-4-2)5(6,7)8/h3-4H2,1-2H3. The van der Waals surface area contributed by atoms with Gasteiger partial charge in [-0.15, -0.1) is 0 Å². The van der Waals surface area contributed by atoms with Crippen LogP contribution < -0.4 is 0 Å². The zero-order valence-corrected chi connectivity index (χ0v) is 10.0. The second-order valence-corrected chi connectivity index (χ2v) is 6.92. The molecule has 0 fully saturated rings. The Morgan fingerprint density at radius 3 is 1.83 bits per heavy atom. The van der Waals surface area contributed by atoms with Crippen LogP contribution in [0.2, 0.25) is 0 Å². The molecular formula is C5H10BrF2O2PS. The van der Waals surface area contributed by atoms with Gasteiger partial charge in [0.2, 0.25) is 0 Å². The average Bonchev–Trinajstić information content (AvgIpc) is 1.86. The number of hydrogen-bond acceptors (Lipinski definition) is 3. The normalized spacial score (nSPS) is 13.4. The first-order valence-electron chi connectivity index (χ1n) is 3.33. The van der Waals surface area contributed by atoms with Gasteiger partial charge < -0.3 is 9.05 Å². The summed E-state index contributed by atoms with van der Waals surface area (Å²) in [6.07, 6.45) is 0. The Balaban J connectivity index is 4.51. The molecule has 0 unspecified atom stereocenters. The highest BCUT2D eigenvalue weighted by Crippen LogP contribution is 2.65. The molecule has 74 valence electrons. The molecule has 0 amide bonds. The molecule has 2 nitrogen and oxygen atoms in total. The summed E-state index contributed by atoms with van der Waals surface area (Å²) in [5.74, 6) is 0. The van der Waals surface area contributed by atoms with Crippen molar-refractivity contribution in [2.75, 3.05) is 13.2 Å². The van der Waals surface area contributed by atoms with Gasteiger partial charge in [0.05, 0.1) is 13.2 Å². The SMILES string of the molecule is CCOP(=S)(OCC)C(F)(F)Br. The van der Waals surface area contributed by atoms with Gasteiger partial charge in [-0.25, -0.2) is 0 Å². The van der Waals surface area contributed by atoms with Gasteiger partial charge in [0, 0.05) is 15.9 Å². The summed E-state index contributed by atoms with van der Waals surface area (Å²) in [5.41, 5.74) is 0. The highest BCUT2D eigenvalue weighted by molar-refractivity contribution is 9.11. The van der Waals surface area contributed by atoms with Crippen LogP contribution in [0.1, 0.15) is 13.8 Å². The first kappa shape index (κ1) is 12.9. The zero-order chi connectivity index (χ0) is 9.83. The van der Waals surface area contributed by atoms with E-state index in [0.717, 1.165) is 0 Å². The van der Waals surface area contributed by atoms with Crippen molar-refractivity contribution in [3.05, 3.63) is 0 Å². The van der Waals surface area contributed by atoms with Gasteiger partial charge in [0.25, 0.3) is 6.49 Å². The molecular weight excluding hydrogens is 273 g/mol. The molecule has 0 aromatic carbocycles. The van der Waals surface area contributed by atoms with E-state index < -0.39 is 11.1 Å². The predicted octanol–water partition coefficient (Wildman–Crippen LogP) is 3.31. The lowest BCUT2D eigenvalue weighted by atomic mass is 10.9. The Labute approximate surface area is 83.9 Å². The quantitative estimate of drug-likeness (QED) is 0.569. The van der Waals surface area contributed by atoms with Crippen LogP contribution in [-0.4, -0.2) is 17.8 Å². The van der Waals surface area contributed by atoms with Gasteiger partial charge in [-0.3, -0.25) is 0 Å². The van der Waals surface area contributed by atoms with Crippen LogP contribution in [0.25, 0.3) is 0 Å². The van der Waals surface area contributed by atoms with E-state index in [1.807, 2.05) is 0 Å². The third-order valence-electron chi connectivity index (χ3n) is 0.909. The lowest BCUT2D eigenvalue weighted by Gasteiger charge is -2.24. The van der Waals surface area contributed by atoms with Gasteiger partial charge in [0.15, 0.2) is 0 Å². The first-order valence-corrected chi connectivity index (χ1v) is 6.76. The fourth-order valence-corrected chi connectivity index (χ4v) is 2.82. The second kappa shape index (κ2) is 4.96. The van der Waals surface area contributed by atoms with E-state index in [1.54, 1.807) is 13.8 Å². The summed E-state index contributed by atoms with van der Waals surface area (Å²) in [6, 6.07) is 0. The number of hydrogen-bond donors (Lipinski definition) is 0. The fourth-order valence-electron chi connectivity index (χ4n) is 0.524. The van der Waals surface area contributed by atoms with E-state index >= 15 is 0 Å². The van der Waals surface area contributed by atoms with E-state index in [9.17, 15) is 8.78 Å². The second-order valence-electron chi connectivity index (χ2n) is 1.80. The number of halogens is 3. The first-order chi connectivity index (χ1) is 5.37. The van der Waals surface area contributed by atoms with Gasteiger partial charge in [0.1, 0.15) is 0 Å². The molecule has 0 aliphatic rings. The number of rotatable bonds is 5. The Hall–Kier alpha value is 0.910. The molecule has 0 spiro atoms. The van der Waals surface area contributed by atoms with E-state index in [2.05, 4.69) is 27.7 Å². The minimum Gasteiger partial charge on any atom is -0.325 e. The minimum atomic E-state index is -3.49. The maximum Gasteiger partial charge on any atom is 0.373 e. The summed E-state index contributed by atoms with van der Waals surface area (Å²) in [5, 5.41) is 0. The Bertz CT molecular complexity index is 175. The molecule has 0 saturated carbocycles. The van der Waals surface area contributed by atoms with Crippen LogP contribution in [0.3, 0.4) is 0 Å². The van der Waals surface area contributed by atoms with Crippen molar-refractivity contribution in [2.24, 2.45) is 0 Å². The van der Waals surface area contributed by atoms with Crippen molar-refractivity contribution in [1.82, 2.24) is 0 Å². The third kappa shape index (κ3) is 3.34. The molecule has 0 aromatic rings. The Kier molecular flexibility index (Phi) is 5.33. The highest BCUT2D eigenvalue weighted by atomic mass is 79.9. The molecule has 0 heterocycles. The summed E-state index contributed by atoms with van der Waals surface area (Å²) < 4.78 is 31.7. The maximum absolute atomic E-state index is 12.8. The molecule has 0 N–H and O–H groups in total. The van der Waals surface area contributed by atoms with Crippen LogP contribution in [0, 0.1) is 0 Å². The smallest absolute Gasteiger partial charge is 0.325 e. The van der Waals surface area contributed by atoms with Crippen molar-refractivity contribution < 1.29 is 17.8 Å². The zero-order valence-electron chi connectivity index (χ0n) is 6.72. The van der Waals surface area contributed by atoms with Gasteiger partial charge in [-0.05, 0) is 25.7 Å². The van der Waals surface area contributed by atoms with Gasteiger partial charge in [-0.2, -0.15) is 8.78 Å². The molecule has 12 heavy (non-hydrogen) atoms. The third-order valence-corrected chi connectivity index (χ3v) is 6.15. The van der Waals surface area contributed by atoms with E-state index in [1.165, 1.54) is 0 Å². The van der Waals surface area contributed by atoms with Crippen molar-refractivity contribution in [3.8, 4) is 0 Å². The van der Waals surface area contributed by atoms with Crippen LogP contribution >= 0.6 is 22.4 Å². The molecule has 0 saturated heterocycles. The number of alkyl halides is 3. The van der Waals surface area contributed by atoms with Crippen molar-refractivity contribution in [1.29, 1.82) is 0 Å². The summed E-state index contributed by atoms with van der Waals surface area (Å²) in [6.45, 7) is -0.0475. The predicted molar refractivity (Wildman–Crippen MR) is 51.4 cm³/mol. The lowest BCUT2D eigenvalue weighted by Crippen LogP contribution is -2.11. The van der Waals surface area contributed by atoms with Crippen LogP contribution in [-0.2, 0) is 20.9 Å². The molecule has 0 rings (SSSR count). The maximum atomic E-state index is 12.8. The van der Waals surface area contributed by atoms with Gasteiger partial charge >= 0.3 is 4.57 Å². The van der Waals surface area contributed by atoms with E-state index in [-0.39, 0.29) is 13.2 Å². The Morgan fingerprint density at radius 2 is 1.67 bits per heavy atom. The monoisotopic (exact) mass is 282 g/mol. The van der Waals surface area contributed by atoms with E-state index in [4.69, 9.17) is 9.05 Å². The van der Waals surface area contributed by atoms with Crippen LogP contribution in [0.5, 0.6) is 0 Å². The van der Waals surface area contributed by atoms with Gasteiger partial charge in [-0.1, -0.05) is 0 Å². The Morgan fingerprint density at radius 1 is 1.33 bits per heavy atom. The van der Waals surface area contributed by atoms with Crippen molar-refractivity contribution in [2.45, 2.75) is 18.4 Å². The van der Waals surface area contributed by atoms with Crippen LogP contribution in [0.4, 0.5) is 8.78 Å². The molecule has 0 aromatic heterocycles. The molecule has 0 aliphatic carbocycles. The highest BCUT2D eigenvalue weighted by Gasteiger charge is 2.46. The largest absolute Gasteiger partial charge is 0.373 e. The summed E-state index contributed by atoms with van der Waals surface area (Å²) >= 11 is 6.77. The lowest BCUT2D eigenvalue weighted by molar-refractivity contribution is 0.146. The molecule has 0 radical (unpaired) electrons. The minimum absolute atomic E-state index is 0.123. The molecule has 0 atom stereocenters. The summed E-state index contributed by atoms with van der Waals surface area (Å²) in [7, 11) is 0. The molecule has 7 heteroatoms. The van der Waals surface area contributed by atoms with E-state index in [0.29, 0.717) is 0 Å². The molecule has 0 bridgehead atoms. The van der Waals surface area contributed by atoms with Crippen molar-refractivity contribution in [3.63, 3.8) is 0 Å². The average molecular weight is 283 g/mol. The van der Waals surface area contributed by atoms with Crippen molar-refractivity contribution >= 4 is 34.2 Å².